The molecular formula is C14H25NOS. The minimum atomic E-state index is 0.311. The molecule has 2 nitrogen and oxygen atoms in total. The number of thiophene rings is 1. The molecule has 3 heteroatoms. The van der Waals surface area contributed by atoms with Gasteiger partial charge in [-0.25, -0.2) is 0 Å². The van der Waals surface area contributed by atoms with E-state index in [0.29, 0.717) is 12.5 Å². The Morgan fingerprint density at radius 3 is 2.59 bits per heavy atom. The lowest BCUT2D eigenvalue weighted by Gasteiger charge is -2.15. The normalized spacial score (nSPS) is 12.9. The molecule has 0 aliphatic heterocycles. The zero-order valence-electron chi connectivity index (χ0n) is 11.0. The maximum absolute atomic E-state index is 8.99. The third-order valence-corrected chi connectivity index (χ3v) is 4.26. The summed E-state index contributed by atoms with van der Waals surface area (Å²) in [7, 11) is 0. The molecule has 1 unspecified atom stereocenters. The van der Waals surface area contributed by atoms with Crippen LogP contribution in [0.4, 0.5) is 0 Å². The van der Waals surface area contributed by atoms with E-state index in [0.717, 1.165) is 25.9 Å². The minimum Gasteiger partial charge on any atom is -0.396 e. The monoisotopic (exact) mass is 255 g/mol. The summed E-state index contributed by atoms with van der Waals surface area (Å²) in [6.07, 6.45) is 4.46. The first kappa shape index (κ1) is 14.7. The van der Waals surface area contributed by atoms with Gasteiger partial charge in [0, 0.05) is 22.9 Å². The van der Waals surface area contributed by atoms with E-state index < -0.39 is 0 Å². The molecule has 98 valence electrons. The molecule has 0 saturated carbocycles. The molecule has 1 heterocycles. The number of hydrogen-bond donors (Lipinski definition) is 2. The number of aliphatic hydroxyl groups excluding tert-OH is 1. The Morgan fingerprint density at radius 1 is 1.24 bits per heavy atom. The van der Waals surface area contributed by atoms with E-state index in [-0.39, 0.29) is 0 Å². The van der Waals surface area contributed by atoms with Gasteiger partial charge in [-0.3, -0.25) is 0 Å². The van der Waals surface area contributed by atoms with E-state index >= 15 is 0 Å². The molecule has 0 aromatic carbocycles. The highest BCUT2D eigenvalue weighted by molar-refractivity contribution is 7.11. The van der Waals surface area contributed by atoms with Crippen molar-refractivity contribution >= 4 is 11.3 Å². The highest BCUT2D eigenvalue weighted by Gasteiger charge is 2.06. The molecule has 0 spiro atoms. The fraction of sp³-hybridized carbons (Fsp3) is 0.714. The first-order chi connectivity index (χ1) is 8.30. The maximum Gasteiger partial charge on any atom is 0.0434 e. The fourth-order valence-electron chi connectivity index (χ4n) is 2.05. The first-order valence-electron chi connectivity index (χ1n) is 6.69. The van der Waals surface area contributed by atoms with Gasteiger partial charge in [0.15, 0.2) is 0 Å². The number of aryl methyl sites for hydroxylation is 1. The summed E-state index contributed by atoms with van der Waals surface area (Å²) in [5.74, 6) is 0.621. The van der Waals surface area contributed by atoms with Crippen LogP contribution in [0.5, 0.6) is 0 Å². The summed E-state index contributed by atoms with van der Waals surface area (Å²) < 4.78 is 0. The van der Waals surface area contributed by atoms with E-state index in [1.165, 1.54) is 22.6 Å². The molecule has 1 aromatic rings. The Balaban J connectivity index is 2.24. The van der Waals surface area contributed by atoms with Gasteiger partial charge in [0.05, 0.1) is 0 Å². The SMILES string of the molecule is CCCC(CCO)CNCc1ccc(CC)s1. The van der Waals surface area contributed by atoms with Gasteiger partial charge in [0.25, 0.3) is 0 Å². The molecule has 1 rings (SSSR count). The Kier molecular flexibility index (Phi) is 7.49. The molecule has 0 saturated heterocycles. The molecular weight excluding hydrogens is 230 g/mol. The Labute approximate surface area is 109 Å². The van der Waals surface area contributed by atoms with Crippen molar-refractivity contribution in [2.24, 2.45) is 5.92 Å². The molecule has 0 amide bonds. The lowest BCUT2D eigenvalue weighted by molar-refractivity contribution is 0.248. The highest BCUT2D eigenvalue weighted by Crippen LogP contribution is 2.17. The molecule has 2 N–H and O–H groups in total. The Bertz CT molecular complexity index is 292. The molecule has 0 aliphatic carbocycles. The topological polar surface area (TPSA) is 32.3 Å². The summed E-state index contributed by atoms with van der Waals surface area (Å²) in [6, 6.07) is 4.44. The van der Waals surface area contributed by atoms with Crippen LogP contribution < -0.4 is 5.32 Å². The summed E-state index contributed by atoms with van der Waals surface area (Å²) in [6.45, 7) is 6.70. The van der Waals surface area contributed by atoms with Crippen LogP contribution in [0.15, 0.2) is 12.1 Å². The highest BCUT2D eigenvalue weighted by atomic mass is 32.1. The Hall–Kier alpha value is -0.380. The smallest absolute Gasteiger partial charge is 0.0434 e. The number of rotatable bonds is 9. The summed E-state index contributed by atoms with van der Waals surface area (Å²) >= 11 is 1.90. The molecule has 1 atom stereocenters. The minimum absolute atomic E-state index is 0.311. The Morgan fingerprint density at radius 2 is 2.00 bits per heavy atom. The standard InChI is InChI=1S/C14H25NOS/c1-3-5-12(8-9-16)10-15-11-14-7-6-13(4-2)17-14/h6-7,12,15-16H,3-5,8-11H2,1-2H3. The average molecular weight is 255 g/mol. The second-order valence-corrected chi connectivity index (χ2v) is 5.77. The van der Waals surface area contributed by atoms with Crippen LogP contribution in [0.25, 0.3) is 0 Å². The van der Waals surface area contributed by atoms with Crippen LogP contribution in [-0.4, -0.2) is 18.3 Å². The number of hydrogen-bond acceptors (Lipinski definition) is 3. The predicted molar refractivity (Wildman–Crippen MR) is 75.5 cm³/mol. The van der Waals surface area contributed by atoms with Gasteiger partial charge < -0.3 is 10.4 Å². The average Bonchev–Trinajstić information content (AvgIpc) is 2.77. The van der Waals surface area contributed by atoms with E-state index in [4.69, 9.17) is 5.11 Å². The van der Waals surface area contributed by atoms with Crippen LogP contribution in [0.2, 0.25) is 0 Å². The lowest BCUT2D eigenvalue weighted by Crippen LogP contribution is -2.22. The first-order valence-corrected chi connectivity index (χ1v) is 7.50. The summed E-state index contributed by atoms with van der Waals surface area (Å²) in [5, 5.41) is 12.5. The quantitative estimate of drug-likeness (QED) is 0.710. The van der Waals surface area contributed by atoms with Crippen molar-refractivity contribution in [1.82, 2.24) is 5.32 Å². The van der Waals surface area contributed by atoms with Crippen LogP contribution in [0.1, 0.15) is 42.9 Å². The van der Waals surface area contributed by atoms with Crippen molar-refractivity contribution in [2.75, 3.05) is 13.2 Å². The molecule has 0 fully saturated rings. The third-order valence-electron chi connectivity index (χ3n) is 3.03. The molecule has 17 heavy (non-hydrogen) atoms. The van der Waals surface area contributed by atoms with Crippen molar-refractivity contribution < 1.29 is 5.11 Å². The van der Waals surface area contributed by atoms with Gasteiger partial charge in [-0.1, -0.05) is 20.3 Å². The van der Waals surface area contributed by atoms with Crippen molar-refractivity contribution in [1.29, 1.82) is 0 Å². The predicted octanol–water partition coefficient (Wildman–Crippen LogP) is 3.20. The molecule has 1 aromatic heterocycles. The van der Waals surface area contributed by atoms with Gasteiger partial charge in [0.2, 0.25) is 0 Å². The molecule has 0 radical (unpaired) electrons. The van der Waals surface area contributed by atoms with Gasteiger partial charge in [0.1, 0.15) is 0 Å². The van der Waals surface area contributed by atoms with E-state index in [9.17, 15) is 0 Å². The largest absolute Gasteiger partial charge is 0.396 e. The molecule has 0 aliphatic rings. The van der Waals surface area contributed by atoms with Crippen LogP contribution >= 0.6 is 11.3 Å². The zero-order valence-corrected chi connectivity index (χ0v) is 11.9. The van der Waals surface area contributed by atoms with Gasteiger partial charge >= 0.3 is 0 Å². The second kappa shape index (κ2) is 8.67. The van der Waals surface area contributed by atoms with Gasteiger partial charge in [-0.2, -0.15) is 0 Å². The summed E-state index contributed by atoms with van der Waals surface area (Å²) in [5.41, 5.74) is 0. The van der Waals surface area contributed by atoms with Gasteiger partial charge in [-0.05, 0) is 43.9 Å². The van der Waals surface area contributed by atoms with E-state index in [2.05, 4.69) is 31.3 Å². The van der Waals surface area contributed by atoms with Crippen molar-refractivity contribution in [3.8, 4) is 0 Å². The molecule has 0 bridgehead atoms. The number of nitrogens with one attached hydrogen (secondary N) is 1. The second-order valence-electron chi connectivity index (χ2n) is 4.52. The third kappa shape index (κ3) is 5.66. The van der Waals surface area contributed by atoms with Crippen LogP contribution in [0.3, 0.4) is 0 Å². The zero-order chi connectivity index (χ0) is 12.5. The maximum atomic E-state index is 8.99. The summed E-state index contributed by atoms with van der Waals surface area (Å²) in [4.78, 5) is 2.88. The van der Waals surface area contributed by atoms with Crippen molar-refractivity contribution in [3.05, 3.63) is 21.9 Å². The van der Waals surface area contributed by atoms with Crippen molar-refractivity contribution in [3.63, 3.8) is 0 Å². The fourth-order valence-corrected chi connectivity index (χ4v) is 2.97. The lowest BCUT2D eigenvalue weighted by atomic mass is 10.0. The van der Waals surface area contributed by atoms with Crippen LogP contribution in [0, 0.1) is 5.92 Å². The van der Waals surface area contributed by atoms with Crippen molar-refractivity contribution in [2.45, 2.75) is 46.1 Å². The van der Waals surface area contributed by atoms with Crippen LogP contribution in [-0.2, 0) is 13.0 Å². The van der Waals surface area contributed by atoms with Gasteiger partial charge in [-0.15, -0.1) is 11.3 Å². The number of aliphatic hydroxyl groups is 1. The van der Waals surface area contributed by atoms with E-state index in [1.807, 2.05) is 11.3 Å². The van der Waals surface area contributed by atoms with E-state index in [1.54, 1.807) is 0 Å².